The van der Waals surface area contributed by atoms with E-state index in [0.29, 0.717) is 50.5 Å². The zero-order chi connectivity index (χ0) is 22.7. The Morgan fingerprint density at radius 3 is 2.00 bits per heavy atom. The maximum atomic E-state index is 13.1. The van der Waals surface area contributed by atoms with Gasteiger partial charge >= 0.3 is 0 Å². The van der Waals surface area contributed by atoms with Gasteiger partial charge in [0, 0.05) is 76.6 Å². The molecule has 2 aromatic rings. The standard InChI is InChI=1S/C23H27N5O4/c1-18(29)24-9-13-26(14-10-24)21-8-7-19(17-22(21)28(31)32)23(30)27-15-11-25(12-16-27)20-5-3-2-4-6-20/h2-8,17H,9-16H2,1H3. The first kappa shape index (κ1) is 21.6. The van der Waals surface area contributed by atoms with Crippen molar-refractivity contribution in [3.05, 3.63) is 64.2 Å². The molecule has 2 aromatic carbocycles. The Labute approximate surface area is 187 Å². The average Bonchev–Trinajstić information content (AvgIpc) is 2.84. The number of nitro groups is 1. The number of carbonyl (C=O) groups is 2. The number of amides is 2. The minimum atomic E-state index is -0.434. The van der Waals surface area contributed by atoms with Crippen LogP contribution in [0.3, 0.4) is 0 Å². The van der Waals surface area contributed by atoms with Crippen LogP contribution in [0.1, 0.15) is 17.3 Å². The van der Waals surface area contributed by atoms with E-state index < -0.39 is 4.92 Å². The molecule has 0 aromatic heterocycles. The van der Waals surface area contributed by atoms with Gasteiger partial charge in [-0.15, -0.1) is 0 Å². The molecule has 0 N–H and O–H groups in total. The Kier molecular flexibility index (Phi) is 6.25. The highest BCUT2D eigenvalue weighted by atomic mass is 16.6. The molecule has 0 unspecified atom stereocenters. The van der Waals surface area contributed by atoms with Gasteiger partial charge in [0.15, 0.2) is 0 Å². The molecule has 2 heterocycles. The fraction of sp³-hybridized carbons (Fsp3) is 0.391. The highest BCUT2D eigenvalue weighted by molar-refractivity contribution is 5.96. The molecule has 168 valence electrons. The van der Waals surface area contributed by atoms with Crippen molar-refractivity contribution >= 4 is 28.9 Å². The van der Waals surface area contributed by atoms with Crippen LogP contribution < -0.4 is 9.80 Å². The van der Waals surface area contributed by atoms with Gasteiger partial charge in [-0.1, -0.05) is 18.2 Å². The smallest absolute Gasteiger partial charge is 0.293 e. The van der Waals surface area contributed by atoms with Crippen LogP contribution in [0.5, 0.6) is 0 Å². The summed E-state index contributed by atoms with van der Waals surface area (Å²) in [6, 6.07) is 14.8. The molecule has 2 fully saturated rings. The lowest BCUT2D eigenvalue weighted by Gasteiger charge is -2.36. The number of carbonyl (C=O) groups excluding carboxylic acids is 2. The van der Waals surface area contributed by atoms with Crippen molar-refractivity contribution in [1.29, 1.82) is 0 Å². The van der Waals surface area contributed by atoms with Crippen LogP contribution in [0.15, 0.2) is 48.5 Å². The molecule has 2 aliphatic heterocycles. The summed E-state index contributed by atoms with van der Waals surface area (Å²) in [6.45, 7) is 6.19. The van der Waals surface area contributed by atoms with Gasteiger partial charge in [-0.05, 0) is 24.3 Å². The summed E-state index contributed by atoms with van der Waals surface area (Å²) in [5, 5.41) is 11.8. The minimum Gasteiger partial charge on any atom is -0.368 e. The first-order valence-corrected chi connectivity index (χ1v) is 10.8. The predicted molar refractivity (Wildman–Crippen MR) is 122 cm³/mol. The van der Waals surface area contributed by atoms with Crippen molar-refractivity contribution in [2.75, 3.05) is 62.2 Å². The number of nitrogens with zero attached hydrogens (tertiary/aromatic N) is 5. The van der Waals surface area contributed by atoms with Gasteiger partial charge in [0.2, 0.25) is 5.91 Å². The molecule has 0 saturated carbocycles. The zero-order valence-electron chi connectivity index (χ0n) is 18.1. The number of piperazine rings is 2. The summed E-state index contributed by atoms with van der Waals surface area (Å²) >= 11 is 0. The summed E-state index contributed by atoms with van der Waals surface area (Å²) in [5.41, 5.74) is 1.87. The average molecular weight is 438 g/mol. The second-order valence-electron chi connectivity index (χ2n) is 8.07. The van der Waals surface area contributed by atoms with E-state index >= 15 is 0 Å². The lowest BCUT2D eigenvalue weighted by atomic mass is 10.1. The third kappa shape index (κ3) is 4.51. The molecule has 2 amide bonds. The summed E-state index contributed by atoms with van der Waals surface area (Å²) in [6.07, 6.45) is 0. The van der Waals surface area contributed by atoms with Crippen molar-refractivity contribution in [2.45, 2.75) is 6.92 Å². The van der Waals surface area contributed by atoms with Gasteiger partial charge in [0.05, 0.1) is 4.92 Å². The molecule has 2 saturated heterocycles. The third-order valence-corrected chi connectivity index (χ3v) is 6.17. The minimum absolute atomic E-state index is 0.00690. The summed E-state index contributed by atoms with van der Waals surface area (Å²) < 4.78 is 0. The van der Waals surface area contributed by atoms with Crippen LogP contribution in [0.4, 0.5) is 17.1 Å². The second-order valence-corrected chi connectivity index (χ2v) is 8.07. The monoisotopic (exact) mass is 437 g/mol. The topological polar surface area (TPSA) is 90.2 Å². The summed E-state index contributed by atoms with van der Waals surface area (Å²) in [7, 11) is 0. The Morgan fingerprint density at radius 2 is 1.41 bits per heavy atom. The summed E-state index contributed by atoms with van der Waals surface area (Å²) in [4.78, 5) is 43.6. The van der Waals surface area contributed by atoms with Gasteiger partial charge < -0.3 is 19.6 Å². The molecular formula is C23H27N5O4. The van der Waals surface area contributed by atoms with Crippen LogP contribution in [-0.4, -0.2) is 78.9 Å². The molecular weight excluding hydrogens is 410 g/mol. The molecule has 32 heavy (non-hydrogen) atoms. The molecule has 0 radical (unpaired) electrons. The maximum absolute atomic E-state index is 13.1. The van der Waals surface area contributed by atoms with Crippen LogP contribution >= 0.6 is 0 Å². The Hall–Kier alpha value is -3.62. The predicted octanol–water partition coefficient (Wildman–Crippen LogP) is 2.23. The molecule has 0 atom stereocenters. The number of benzene rings is 2. The van der Waals surface area contributed by atoms with E-state index in [1.54, 1.807) is 21.9 Å². The molecule has 0 spiro atoms. The first-order chi connectivity index (χ1) is 15.4. The van der Waals surface area contributed by atoms with E-state index in [9.17, 15) is 19.7 Å². The molecule has 2 aliphatic rings. The highest BCUT2D eigenvalue weighted by Crippen LogP contribution is 2.31. The summed E-state index contributed by atoms with van der Waals surface area (Å²) in [5.74, 6) is -0.179. The van der Waals surface area contributed by atoms with E-state index in [0.717, 1.165) is 18.8 Å². The highest BCUT2D eigenvalue weighted by Gasteiger charge is 2.28. The SMILES string of the molecule is CC(=O)N1CCN(c2ccc(C(=O)N3CCN(c4ccccc4)CC3)cc2[N+](=O)[O-])CC1. The number of nitro benzene ring substituents is 1. The molecule has 9 nitrogen and oxygen atoms in total. The molecule has 0 bridgehead atoms. The number of hydrogen-bond donors (Lipinski definition) is 0. The van der Waals surface area contributed by atoms with E-state index in [1.807, 2.05) is 23.1 Å². The number of para-hydroxylation sites is 1. The van der Waals surface area contributed by atoms with Crippen LogP contribution in [0.2, 0.25) is 0 Å². The van der Waals surface area contributed by atoms with Crippen molar-refractivity contribution in [1.82, 2.24) is 9.80 Å². The molecule has 0 aliphatic carbocycles. The Balaban J connectivity index is 1.45. The van der Waals surface area contributed by atoms with Crippen molar-refractivity contribution in [3.63, 3.8) is 0 Å². The van der Waals surface area contributed by atoms with Crippen molar-refractivity contribution in [3.8, 4) is 0 Å². The number of anilines is 2. The lowest BCUT2D eigenvalue weighted by molar-refractivity contribution is -0.384. The lowest BCUT2D eigenvalue weighted by Crippen LogP contribution is -2.49. The van der Waals surface area contributed by atoms with Crippen molar-refractivity contribution in [2.24, 2.45) is 0 Å². The molecule has 9 heteroatoms. The first-order valence-electron chi connectivity index (χ1n) is 10.8. The quantitative estimate of drug-likeness (QED) is 0.538. The van der Waals surface area contributed by atoms with Gasteiger partial charge in [0.1, 0.15) is 5.69 Å². The fourth-order valence-electron chi connectivity index (χ4n) is 4.32. The van der Waals surface area contributed by atoms with Crippen LogP contribution in [-0.2, 0) is 4.79 Å². The van der Waals surface area contributed by atoms with Gasteiger partial charge in [-0.2, -0.15) is 0 Å². The largest absolute Gasteiger partial charge is 0.368 e. The van der Waals surface area contributed by atoms with Crippen LogP contribution in [0, 0.1) is 10.1 Å². The van der Waals surface area contributed by atoms with E-state index in [2.05, 4.69) is 17.0 Å². The van der Waals surface area contributed by atoms with E-state index in [4.69, 9.17) is 0 Å². The maximum Gasteiger partial charge on any atom is 0.293 e. The number of rotatable bonds is 4. The zero-order valence-corrected chi connectivity index (χ0v) is 18.1. The molecule has 4 rings (SSSR count). The van der Waals surface area contributed by atoms with E-state index in [-0.39, 0.29) is 17.5 Å². The normalized spacial score (nSPS) is 16.8. The second kappa shape index (κ2) is 9.25. The number of hydrogen-bond acceptors (Lipinski definition) is 6. The van der Waals surface area contributed by atoms with Gasteiger partial charge in [-0.25, -0.2) is 0 Å². The third-order valence-electron chi connectivity index (χ3n) is 6.17. The fourth-order valence-corrected chi connectivity index (χ4v) is 4.32. The Bertz CT molecular complexity index is 997. The van der Waals surface area contributed by atoms with Crippen molar-refractivity contribution < 1.29 is 14.5 Å². The van der Waals surface area contributed by atoms with Crippen LogP contribution in [0.25, 0.3) is 0 Å². The Morgan fingerprint density at radius 1 is 0.812 bits per heavy atom. The van der Waals surface area contributed by atoms with E-state index in [1.165, 1.54) is 13.0 Å². The van der Waals surface area contributed by atoms with Gasteiger partial charge in [-0.3, -0.25) is 19.7 Å². The van der Waals surface area contributed by atoms with Gasteiger partial charge in [0.25, 0.3) is 11.6 Å².